The van der Waals surface area contributed by atoms with E-state index in [1.165, 1.54) is 17.4 Å². The van der Waals surface area contributed by atoms with Gasteiger partial charge in [0.15, 0.2) is 0 Å². The summed E-state index contributed by atoms with van der Waals surface area (Å²) in [4.78, 5) is 17.2. The lowest BCUT2D eigenvalue weighted by molar-refractivity contribution is 0.109. The molecular weight excluding hydrogens is 448 g/mol. The average Bonchev–Trinajstić information content (AvgIpc) is 3.23. The van der Waals surface area contributed by atoms with Gasteiger partial charge in [-0.1, -0.05) is 13.0 Å². The number of aromatic nitrogens is 1. The fourth-order valence-corrected chi connectivity index (χ4v) is 6.26. The van der Waals surface area contributed by atoms with Crippen LogP contribution in [0, 0.1) is 11.3 Å². The molecule has 2 N–H and O–H groups in total. The molecule has 10 heteroatoms. The fraction of sp³-hybridized carbons (Fsp3) is 0.500. The maximum absolute atomic E-state index is 12.7. The summed E-state index contributed by atoms with van der Waals surface area (Å²) in [5.74, 6) is 0.264. The van der Waals surface area contributed by atoms with Gasteiger partial charge in [-0.3, -0.25) is 0 Å². The molecule has 32 heavy (non-hydrogen) atoms. The molecule has 3 rings (SSSR count). The van der Waals surface area contributed by atoms with E-state index in [1.807, 2.05) is 19.9 Å². The Balaban J connectivity index is 1.75. The number of nitrogens with zero attached hydrogens (tertiary/aromatic N) is 2. The predicted octanol–water partition coefficient (Wildman–Crippen LogP) is 4.14. The van der Waals surface area contributed by atoms with Crippen molar-refractivity contribution in [2.24, 2.45) is 0 Å². The Labute approximate surface area is 193 Å². The highest BCUT2D eigenvalue weighted by atomic mass is 32.2. The normalized spacial score (nSPS) is 18.8. The van der Waals surface area contributed by atoms with Crippen LogP contribution in [0.5, 0.6) is 0 Å². The van der Waals surface area contributed by atoms with Crippen LogP contribution in [0.25, 0.3) is 10.4 Å². The van der Waals surface area contributed by atoms with Gasteiger partial charge in [-0.25, -0.2) is 22.9 Å². The van der Waals surface area contributed by atoms with E-state index in [9.17, 15) is 18.5 Å². The van der Waals surface area contributed by atoms with Gasteiger partial charge < -0.3 is 10.1 Å². The van der Waals surface area contributed by atoms with Gasteiger partial charge >= 0.3 is 6.09 Å². The number of carbonyl (C=O) groups is 1. The van der Waals surface area contributed by atoms with Gasteiger partial charge in [-0.05, 0) is 51.7 Å². The van der Waals surface area contributed by atoms with Crippen molar-refractivity contribution >= 4 is 27.5 Å². The van der Waals surface area contributed by atoms with Crippen LogP contribution < -0.4 is 10.0 Å². The molecule has 0 unspecified atom stereocenters. The third-order valence-electron chi connectivity index (χ3n) is 5.26. The van der Waals surface area contributed by atoms with E-state index in [0.29, 0.717) is 5.56 Å². The molecule has 172 valence electrons. The minimum Gasteiger partial charge on any atom is -0.447 e. The smallest absolute Gasteiger partial charge is 0.407 e. The van der Waals surface area contributed by atoms with Crippen molar-refractivity contribution in [3.05, 3.63) is 35.0 Å². The number of alkyl carbamates (subject to hydrolysis) is 1. The zero-order valence-electron chi connectivity index (χ0n) is 18.4. The molecule has 0 atom stereocenters. The van der Waals surface area contributed by atoms with Crippen molar-refractivity contribution in [1.29, 1.82) is 5.26 Å². The van der Waals surface area contributed by atoms with E-state index >= 15 is 0 Å². The summed E-state index contributed by atoms with van der Waals surface area (Å²) >= 11 is 1.48. The molecule has 1 aliphatic rings. The molecule has 1 fully saturated rings. The van der Waals surface area contributed by atoms with Crippen LogP contribution in [-0.2, 0) is 14.8 Å². The summed E-state index contributed by atoms with van der Waals surface area (Å²) in [5, 5.41) is 13.1. The van der Waals surface area contributed by atoms with E-state index < -0.39 is 10.0 Å². The lowest BCUT2D eigenvalue weighted by atomic mass is 9.86. The summed E-state index contributed by atoms with van der Waals surface area (Å²) in [7, 11) is -3.74. The Hall–Kier alpha value is -2.48. The number of thiazole rings is 1. The van der Waals surface area contributed by atoms with Crippen LogP contribution in [0.15, 0.2) is 29.3 Å². The number of hydrogen-bond donors (Lipinski definition) is 2. The molecule has 1 heterocycles. The Morgan fingerprint density at radius 1 is 1.31 bits per heavy atom. The van der Waals surface area contributed by atoms with Crippen LogP contribution in [0.2, 0.25) is 0 Å². The average molecular weight is 477 g/mol. The number of amides is 1. The largest absolute Gasteiger partial charge is 0.447 e. The van der Waals surface area contributed by atoms with Crippen molar-refractivity contribution < 1.29 is 17.9 Å². The summed E-state index contributed by atoms with van der Waals surface area (Å²) in [5.41, 5.74) is 0.831. The van der Waals surface area contributed by atoms with Crippen molar-refractivity contribution in [2.45, 2.75) is 69.4 Å². The number of rotatable bonds is 7. The fourth-order valence-electron chi connectivity index (χ4n) is 3.79. The van der Waals surface area contributed by atoms with E-state index in [1.54, 1.807) is 25.3 Å². The molecule has 0 aliphatic heterocycles. The number of nitrogens with one attached hydrogen (secondary N) is 2. The summed E-state index contributed by atoms with van der Waals surface area (Å²) in [6.45, 7) is 5.61. The molecule has 8 nitrogen and oxygen atoms in total. The third-order valence-corrected chi connectivity index (χ3v) is 8.04. The first-order chi connectivity index (χ1) is 15.2. The quantitative estimate of drug-likeness (QED) is 0.619. The standard InChI is InChI=1S/C22H28N4O4S2/c1-4-25-32(28,29)20-11-15(12-23)5-10-18(20)19-13-24-21(31-19)16-6-8-17(9-7-16)26-22(27)30-14(2)3/h5,10-11,13-14,16-17,25H,4,6-9H2,1-3H3,(H,26,27). The maximum Gasteiger partial charge on any atom is 0.407 e. The summed E-state index contributed by atoms with van der Waals surface area (Å²) in [6, 6.07) is 6.78. The van der Waals surface area contributed by atoms with Crippen molar-refractivity contribution in [2.75, 3.05) is 6.54 Å². The Bertz CT molecular complexity index is 1100. The van der Waals surface area contributed by atoms with Gasteiger partial charge in [0.05, 0.1) is 32.5 Å². The van der Waals surface area contributed by atoms with E-state index in [4.69, 9.17) is 4.74 Å². The highest BCUT2D eigenvalue weighted by molar-refractivity contribution is 7.89. The Kier molecular flexibility index (Phi) is 7.87. The number of hydrogen-bond acceptors (Lipinski definition) is 7. The van der Waals surface area contributed by atoms with Gasteiger partial charge in [0.25, 0.3) is 0 Å². The molecule has 0 bridgehead atoms. The number of carbonyl (C=O) groups excluding carboxylic acids is 1. The van der Waals surface area contributed by atoms with Crippen molar-refractivity contribution in [3.63, 3.8) is 0 Å². The number of benzene rings is 1. The first-order valence-corrected chi connectivity index (χ1v) is 13.0. The summed E-state index contributed by atoms with van der Waals surface area (Å²) in [6.07, 6.45) is 4.62. The second-order valence-corrected chi connectivity index (χ2v) is 10.8. The molecule has 2 aromatic rings. The molecule has 0 spiro atoms. The second kappa shape index (κ2) is 10.4. The zero-order valence-corrected chi connectivity index (χ0v) is 20.1. The Morgan fingerprint density at radius 3 is 2.66 bits per heavy atom. The predicted molar refractivity (Wildman–Crippen MR) is 123 cm³/mol. The lowest BCUT2D eigenvalue weighted by Gasteiger charge is -2.28. The summed E-state index contributed by atoms with van der Waals surface area (Å²) < 4.78 is 33.1. The van der Waals surface area contributed by atoms with Crippen molar-refractivity contribution in [3.8, 4) is 16.5 Å². The molecule has 0 saturated heterocycles. The monoisotopic (exact) mass is 476 g/mol. The zero-order chi connectivity index (χ0) is 23.3. The number of sulfonamides is 1. The van der Waals surface area contributed by atoms with Gasteiger partial charge in [0.2, 0.25) is 10.0 Å². The van der Waals surface area contributed by atoms with E-state index in [-0.39, 0.29) is 41.2 Å². The van der Waals surface area contributed by atoms with Crippen molar-refractivity contribution in [1.82, 2.24) is 15.0 Å². The minimum absolute atomic E-state index is 0.0881. The van der Waals surface area contributed by atoms with Crippen LogP contribution in [0.4, 0.5) is 4.79 Å². The topological polar surface area (TPSA) is 121 Å². The first kappa shape index (κ1) is 24.2. The van der Waals surface area contributed by atoms with Crippen LogP contribution in [0.3, 0.4) is 0 Å². The molecule has 1 amide bonds. The second-order valence-electron chi connectivity index (χ2n) is 8.03. The maximum atomic E-state index is 12.7. The van der Waals surface area contributed by atoms with Crippen LogP contribution in [-0.4, -0.2) is 38.2 Å². The third kappa shape index (κ3) is 5.85. The molecule has 1 aliphatic carbocycles. The molecule has 0 radical (unpaired) electrons. The van der Waals surface area contributed by atoms with Crippen LogP contribution >= 0.6 is 11.3 Å². The molecule has 1 aromatic carbocycles. The van der Waals surface area contributed by atoms with Gasteiger partial charge in [0, 0.05) is 30.3 Å². The van der Waals surface area contributed by atoms with E-state index in [2.05, 4.69) is 15.0 Å². The number of ether oxygens (including phenoxy) is 1. The molecule has 1 saturated carbocycles. The minimum atomic E-state index is -3.74. The SMILES string of the molecule is CCNS(=O)(=O)c1cc(C#N)ccc1-c1cnc(C2CCC(NC(=O)OC(C)C)CC2)s1. The van der Waals surface area contributed by atoms with E-state index in [0.717, 1.165) is 35.6 Å². The molecular formula is C22H28N4O4S2. The molecule has 1 aromatic heterocycles. The Morgan fingerprint density at radius 2 is 2.03 bits per heavy atom. The van der Waals surface area contributed by atoms with Gasteiger partial charge in [-0.15, -0.1) is 11.3 Å². The highest BCUT2D eigenvalue weighted by Crippen LogP contribution is 2.39. The number of nitriles is 1. The van der Waals surface area contributed by atoms with Crippen LogP contribution in [0.1, 0.15) is 62.9 Å². The van der Waals surface area contributed by atoms with Gasteiger partial charge in [-0.2, -0.15) is 5.26 Å². The lowest BCUT2D eigenvalue weighted by Crippen LogP contribution is -2.38. The first-order valence-electron chi connectivity index (χ1n) is 10.7. The van der Waals surface area contributed by atoms with Gasteiger partial charge in [0.1, 0.15) is 0 Å². The highest BCUT2D eigenvalue weighted by Gasteiger charge is 2.27.